The van der Waals surface area contributed by atoms with Crippen LogP contribution in [-0.4, -0.2) is 4.98 Å². The van der Waals surface area contributed by atoms with Crippen LogP contribution in [0, 0.1) is 6.92 Å². The Hall–Kier alpha value is -1.00. The van der Waals surface area contributed by atoms with Gasteiger partial charge in [-0.15, -0.1) is 11.3 Å². The number of benzene rings is 1. The maximum absolute atomic E-state index is 5.65. The van der Waals surface area contributed by atoms with Crippen molar-refractivity contribution in [1.29, 1.82) is 0 Å². The zero-order valence-corrected chi connectivity index (χ0v) is 10.7. The summed E-state index contributed by atoms with van der Waals surface area (Å²) in [6, 6.07) is 8.02. The number of hydrogen-bond donors (Lipinski definition) is 1. The van der Waals surface area contributed by atoms with Crippen molar-refractivity contribution < 1.29 is 4.74 Å². The van der Waals surface area contributed by atoms with Crippen LogP contribution < -0.4 is 4.74 Å². The van der Waals surface area contributed by atoms with Gasteiger partial charge >= 0.3 is 0 Å². The molecule has 4 heteroatoms. The summed E-state index contributed by atoms with van der Waals surface area (Å²) in [5.74, 6) is 1.57. The Morgan fingerprint density at radius 2 is 2.31 bits per heavy atom. The van der Waals surface area contributed by atoms with Crippen LogP contribution in [0.1, 0.15) is 16.3 Å². The van der Waals surface area contributed by atoms with Crippen molar-refractivity contribution >= 4 is 24.0 Å². The van der Waals surface area contributed by atoms with E-state index in [-0.39, 0.29) is 0 Å². The SMILES string of the molecule is Cc1cccc(OCc2nc(CS)cs2)c1. The van der Waals surface area contributed by atoms with Crippen LogP contribution in [0.25, 0.3) is 0 Å². The Kier molecular flexibility index (Phi) is 3.85. The van der Waals surface area contributed by atoms with Gasteiger partial charge in [0.2, 0.25) is 0 Å². The third kappa shape index (κ3) is 3.00. The van der Waals surface area contributed by atoms with E-state index in [1.807, 2.05) is 23.6 Å². The summed E-state index contributed by atoms with van der Waals surface area (Å²) in [6.45, 7) is 2.58. The first kappa shape index (κ1) is 11.5. The highest BCUT2D eigenvalue weighted by molar-refractivity contribution is 7.79. The van der Waals surface area contributed by atoms with Crippen LogP contribution >= 0.6 is 24.0 Å². The van der Waals surface area contributed by atoms with Gasteiger partial charge in [0.05, 0.1) is 5.69 Å². The topological polar surface area (TPSA) is 22.1 Å². The van der Waals surface area contributed by atoms with Gasteiger partial charge in [-0.25, -0.2) is 4.98 Å². The Bertz CT molecular complexity index is 468. The first-order chi connectivity index (χ1) is 7.78. The molecule has 0 atom stereocenters. The number of ether oxygens (including phenoxy) is 1. The molecule has 0 saturated heterocycles. The molecule has 1 aromatic carbocycles. The molecule has 0 aliphatic heterocycles. The molecule has 0 saturated carbocycles. The number of thiol groups is 1. The molecule has 2 rings (SSSR count). The number of rotatable bonds is 4. The third-order valence-electron chi connectivity index (χ3n) is 2.11. The predicted molar refractivity (Wildman–Crippen MR) is 70.3 cm³/mol. The molecule has 0 spiro atoms. The second-order valence-electron chi connectivity index (χ2n) is 3.50. The largest absolute Gasteiger partial charge is 0.486 e. The minimum Gasteiger partial charge on any atom is -0.486 e. The maximum atomic E-state index is 5.65. The fraction of sp³-hybridized carbons (Fsp3) is 0.250. The quantitative estimate of drug-likeness (QED) is 0.841. The van der Waals surface area contributed by atoms with E-state index in [0.29, 0.717) is 12.4 Å². The molecule has 0 amide bonds. The molecule has 0 aliphatic rings. The average Bonchev–Trinajstić information content (AvgIpc) is 2.74. The smallest absolute Gasteiger partial charge is 0.140 e. The van der Waals surface area contributed by atoms with Crippen LogP contribution in [0.3, 0.4) is 0 Å². The number of aromatic nitrogens is 1. The summed E-state index contributed by atoms with van der Waals surface area (Å²) in [7, 11) is 0. The standard InChI is InChI=1S/C12H13NOS2/c1-9-3-2-4-11(5-9)14-6-12-13-10(7-15)8-16-12/h2-5,8,15H,6-7H2,1H3. The van der Waals surface area contributed by atoms with Gasteiger partial charge in [-0.3, -0.25) is 0 Å². The van der Waals surface area contributed by atoms with Crippen LogP contribution in [0.5, 0.6) is 5.75 Å². The minimum absolute atomic E-state index is 0.530. The first-order valence-electron chi connectivity index (χ1n) is 5.01. The van der Waals surface area contributed by atoms with Crippen LogP contribution in [-0.2, 0) is 12.4 Å². The molecular formula is C12H13NOS2. The van der Waals surface area contributed by atoms with Crippen molar-refractivity contribution in [3.05, 3.63) is 45.9 Å². The van der Waals surface area contributed by atoms with Gasteiger partial charge in [0.1, 0.15) is 17.4 Å². The lowest BCUT2D eigenvalue weighted by Gasteiger charge is -2.04. The van der Waals surface area contributed by atoms with E-state index in [2.05, 4.69) is 30.6 Å². The molecule has 1 aromatic heterocycles. The first-order valence-corrected chi connectivity index (χ1v) is 6.53. The van der Waals surface area contributed by atoms with E-state index < -0.39 is 0 Å². The highest BCUT2D eigenvalue weighted by Gasteiger charge is 2.01. The van der Waals surface area contributed by atoms with Gasteiger partial charge in [0.15, 0.2) is 0 Å². The lowest BCUT2D eigenvalue weighted by Crippen LogP contribution is -1.95. The summed E-state index contributed by atoms with van der Waals surface area (Å²) in [5.41, 5.74) is 2.21. The Labute approximate surface area is 105 Å². The van der Waals surface area contributed by atoms with Crippen molar-refractivity contribution in [3.8, 4) is 5.75 Å². The Morgan fingerprint density at radius 3 is 3.00 bits per heavy atom. The normalized spacial score (nSPS) is 10.4. The molecule has 2 aromatic rings. The lowest BCUT2D eigenvalue weighted by molar-refractivity contribution is 0.305. The monoisotopic (exact) mass is 251 g/mol. The van der Waals surface area contributed by atoms with Gasteiger partial charge in [0.25, 0.3) is 0 Å². The van der Waals surface area contributed by atoms with E-state index in [1.54, 1.807) is 11.3 Å². The summed E-state index contributed by atoms with van der Waals surface area (Å²) in [5, 5.41) is 3.01. The average molecular weight is 251 g/mol. The fourth-order valence-corrected chi connectivity index (χ4v) is 2.33. The second-order valence-corrected chi connectivity index (χ2v) is 4.75. The van der Waals surface area contributed by atoms with E-state index in [1.165, 1.54) is 5.56 Å². The summed E-state index contributed by atoms with van der Waals surface area (Å²) in [4.78, 5) is 4.38. The zero-order chi connectivity index (χ0) is 11.4. The van der Waals surface area contributed by atoms with Crippen molar-refractivity contribution in [2.75, 3.05) is 0 Å². The van der Waals surface area contributed by atoms with Gasteiger partial charge < -0.3 is 4.74 Å². The number of thiazole rings is 1. The van der Waals surface area contributed by atoms with Gasteiger partial charge in [-0.05, 0) is 24.6 Å². The summed E-state index contributed by atoms with van der Waals surface area (Å²) >= 11 is 5.79. The van der Waals surface area contributed by atoms with Crippen LogP contribution in [0.2, 0.25) is 0 Å². The molecule has 0 bridgehead atoms. The number of hydrogen-bond acceptors (Lipinski definition) is 4. The fourth-order valence-electron chi connectivity index (χ4n) is 1.34. The molecular weight excluding hydrogens is 238 g/mol. The number of aryl methyl sites for hydroxylation is 1. The van der Waals surface area contributed by atoms with Crippen molar-refractivity contribution in [2.45, 2.75) is 19.3 Å². The Morgan fingerprint density at radius 1 is 1.44 bits per heavy atom. The molecule has 0 aliphatic carbocycles. The summed E-state index contributed by atoms with van der Waals surface area (Å²) < 4.78 is 5.65. The van der Waals surface area contributed by atoms with Gasteiger partial charge in [-0.2, -0.15) is 12.6 Å². The predicted octanol–water partition coefficient (Wildman–Crippen LogP) is 3.46. The molecule has 0 radical (unpaired) electrons. The zero-order valence-electron chi connectivity index (χ0n) is 9.01. The van der Waals surface area contributed by atoms with E-state index in [4.69, 9.17) is 4.74 Å². The van der Waals surface area contributed by atoms with Crippen molar-refractivity contribution in [2.24, 2.45) is 0 Å². The lowest BCUT2D eigenvalue weighted by atomic mass is 10.2. The molecule has 1 heterocycles. The minimum atomic E-state index is 0.530. The van der Waals surface area contributed by atoms with Gasteiger partial charge in [0, 0.05) is 11.1 Å². The van der Waals surface area contributed by atoms with Crippen LogP contribution in [0.4, 0.5) is 0 Å². The molecule has 0 fully saturated rings. The Balaban J connectivity index is 1.96. The molecule has 0 unspecified atom stereocenters. The highest BCUT2D eigenvalue weighted by Crippen LogP contribution is 2.17. The molecule has 84 valence electrons. The second kappa shape index (κ2) is 5.37. The molecule has 2 nitrogen and oxygen atoms in total. The molecule has 16 heavy (non-hydrogen) atoms. The maximum Gasteiger partial charge on any atom is 0.140 e. The van der Waals surface area contributed by atoms with Gasteiger partial charge in [-0.1, -0.05) is 12.1 Å². The van der Waals surface area contributed by atoms with E-state index in [9.17, 15) is 0 Å². The van der Waals surface area contributed by atoms with Crippen molar-refractivity contribution in [3.63, 3.8) is 0 Å². The van der Waals surface area contributed by atoms with E-state index in [0.717, 1.165) is 16.5 Å². The third-order valence-corrected chi connectivity index (χ3v) is 3.31. The van der Waals surface area contributed by atoms with Crippen molar-refractivity contribution in [1.82, 2.24) is 4.98 Å². The van der Waals surface area contributed by atoms with E-state index >= 15 is 0 Å². The molecule has 0 N–H and O–H groups in total. The number of nitrogens with zero attached hydrogens (tertiary/aromatic N) is 1. The summed E-state index contributed by atoms with van der Waals surface area (Å²) in [6.07, 6.45) is 0. The van der Waals surface area contributed by atoms with Crippen LogP contribution in [0.15, 0.2) is 29.6 Å². The highest BCUT2D eigenvalue weighted by atomic mass is 32.1.